The number of carboxylic acids is 1. The first-order valence-electron chi connectivity index (χ1n) is 7.46. The molecule has 1 N–H and O–H groups in total. The summed E-state index contributed by atoms with van der Waals surface area (Å²) >= 11 is 0. The van der Waals surface area contributed by atoms with Gasteiger partial charge in [0, 0.05) is 0 Å². The highest BCUT2D eigenvalue weighted by Crippen LogP contribution is 2.82. The van der Waals surface area contributed by atoms with E-state index in [1.807, 2.05) is 13.0 Å². The summed E-state index contributed by atoms with van der Waals surface area (Å²) in [6, 6.07) is 2.03. The first-order chi connectivity index (χ1) is 9.22. The van der Waals surface area contributed by atoms with E-state index in [4.69, 9.17) is 4.42 Å². The monoisotopic (exact) mass is 278 g/mol. The second-order valence-electron chi connectivity index (χ2n) is 7.04. The zero-order valence-electron chi connectivity index (χ0n) is 13.2. The van der Waals surface area contributed by atoms with Crippen LogP contribution in [0.3, 0.4) is 0 Å². The smallest absolute Gasteiger partial charge is 0.303 e. The fraction of sp³-hybridized carbons (Fsp3) is 0.706. The van der Waals surface area contributed by atoms with Crippen molar-refractivity contribution in [1.82, 2.24) is 0 Å². The van der Waals surface area contributed by atoms with Crippen molar-refractivity contribution in [3.8, 4) is 0 Å². The Labute approximate surface area is 121 Å². The molecule has 0 aliphatic heterocycles. The lowest BCUT2D eigenvalue weighted by atomic mass is 9.82. The van der Waals surface area contributed by atoms with E-state index in [2.05, 4.69) is 27.7 Å². The molecule has 0 amide bonds. The van der Waals surface area contributed by atoms with E-state index in [-0.39, 0.29) is 22.7 Å². The van der Waals surface area contributed by atoms with Crippen molar-refractivity contribution in [2.45, 2.75) is 60.3 Å². The van der Waals surface area contributed by atoms with Gasteiger partial charge in [0.1, 0.15) is 5.76 Å². The molecule has 1 aromatic rings. The summed E-state index contributed by atoms with van der Waals surface area (Å²) in [6.45, 7) is 10.8. The van der Waals surface area contributed by atoms with Crippen LogP contribution in [0.4, 0.5) is 0 Å². The SMILES string of the molecule is CCCC1(Cc2ccoc2C)C(C)(C)C1(C)CC(=O)O. The number of carbonyl (C=O) groups is 1. The Morgan fingerprint density at radius 1 is 1.35 bits per heavy atom. The fourth-order valence-electron chi connectivity index (χ4n) is 4.53. The number of aliphatic carboxylic acids is 1. The second-order valence-corrected chi connectivity index (χ2v) is 7.04. The van der Waals surface area contributed by atoms with Crippen molar-refractivity contribution in [1.29, 1.82) is 0 Å². The lowest BCUT2D eigenvalue weighted by Gasteiger charge is -2.22. The van der Waals surface area contributed by atoms with Crippen LogP contribution in [-0.4, -0.2) is 11.1 Å². The summed E-state index contributed by atoms with van der Waals surface area (Å²) < 4.78 is 5.42. The number of hydrogen-bond acceptors (Lipinski definition) is 2. The van der Waals surface area contributed by atoms with Gasteiger partial charge in [-0.3, -0.25) is 4.79 Å². The van der Waals surface area contributed by atoms with Crippen LogP contribution < -0.4 is 0 Å². The van der Waals surface area contributed by atoms with E-state index in [1.54, 1.807) is 6.26 Å². The van der Waals surface area contributed by atoms with Crippen molar-refractivity contribution in [3.05, 3.63) is 23.7 Å². The Hall–Kier alpha value is -1.25. The van der Waals surface area contributed by atoms with Crippen molar-refractivity contribution < 1.29 is 14.3 Å². The Kier molecular flexibility index (Phi) is 3.52. The molecule has 20 heavy (non-hydrogen) atoms. The summed E-state index contributed by atoms with van der Waals surface area (Å²) in [6.07, 6.45) is 5.04. The van der Waals surface area contributed by atoms with Crippen molar-refractivity contribution in [2.75, 3.05) is 0 Å². The number of aryl methyl sites for hydroxylation is 1. The molecule has 2 rings (SSSR count). The van der Waals surface area contributed by atoms with Crippen molar-refractivity contribution in [3.63, 3.8) is 0 Å². The molecule has 0 bridgehead atoms. The molecule has 1 heterocycles. The maximum Gasteiger partial charge on any atom is 0.303 e. The van der Waals surface area contributed by atoms with Gasteiger partial charge in [-0.2, -0.15) is 0 Å². The first-order valence-corrected chi connectivity index (χ1v) is 7.46. The molecule has 0 radical (unpaired) electrons. The maximum absolute atomic E-state index is 11.3. The average molecular weight is 278 g/mol. The molecule has 112 valence electrons. The predicted molar refractivity (Wildman–Crippen MR) is 78.6 cm³/mol. The predicted octanol–water partition coefficient (Wildman–Crippen LogP) is 4.44. The van der Waals surface area contributed by atoms with Crippen molar-refractivity contribution >= 4 is 5.97 Å². The molecule has 1 fully saturated rings. The molecule has 1 aliphatic rings. The van der Waals surface area contributed by atoms with Gasteiger partial charge in [0.25, 0.3) is 0 Å². The largest absolute Gasteiger partial charge is 0.481 e. The van der Waals surface area contributed by atoms with E-state index in [0.717, 1.165) is 25.0 Å². The second kappa shape index (κ2) is 4.64. The Balaban J connectivity index is 2.36. The van der Waals surface area contributed by atoms with Gasteiger partial charge < -0.3 is 9.52 Å². The summed E-state index contributed by atoms with van der Waals surface area (Å²) in [5.41, 5.74) is 1.17. The summed E-state index contributed by atoms with van der Waals surface area (Å²) in [7, 11) is 0. The van der Waals surface area contributed by atoms with Gasteiger partial charge in [-0.1, -0.05) is 34.1 Å². The van der Waals surface area contributed by atoms with Gasteiger partial charge in [-0.05, 0) is 47.6 Å². The molecular weight excluding hydrogens is 252 g/mol. The van der Waals surface area contributed by atoms with Crippen LogP contribution in [0.15, 0.2) is 16.7 Å². The lowest BCUT2D eigenvalue weighted by molar-refractivity contribution is -0.138. The quantitative estimate of drug-likeness (QED) is 0.837. The molecule has 0 spiro atoms. The fourth-order valence-corrected chi connectivity index (χ4v) is 4.53. The highest BCUT2D eigenvalue weighted by atomic mass is 16.4. The van der Waals surface area contributed by atoms with Gasteiger partial charge >= 0.3 is 5.97 Å². The van der Waals surface area contributed by atoms with Crippen LogP contribution >= 0.6 is 0 Å². The van der Waals surface area contributed by atoms with Gasteiger partial charge in [-0.25, -0.2) is 0 Å². The van der Waals surface area contributed by atoms with Gasteiger partial charge in [0.15, 0.2) is 0 Å². The summed E-state index contributed by atoms with van der Waals surface area (Å²) in [5, 5.41) is 9.28. The van der Waals surface area contributed by atoms with Gasteiger partial charge in [0.05, 0.1) is 12.7 Å². The van der Waals surface area contributed by atoms with E-state index in [1.165, 1.54) is 5.56 Å². The van der Waals surface area contributed by atoms with E-state index in [9.17, 15) is 9.90 Å². The first kappa shape index (κ1) is 15.1. The van der Waals surface area contributed by atoms with Crippen LogP contribution in [0.5, 0.6) is 0 Å². The minimum Gasteiger partial charge on any atom is -0.481 e. The summed E-state index contributed by atoms with van der Waals surface area (Å²) in [5.74, 6) is 0.267. The standard InChI is InChI=1S/C17H26O3/c1-6-8-17(10-13-7-9-20-12(13)2)15(3,4)16(17,5)11-14(18)19/h7,9H,6,8,10-11H2,1-5H3,(H,18,19). The lowest BCUT2D eigenvalue weighted by Crippen LogP contribution is -2.18. The molecule has 0 saturated heterocycles. The third kappa shape index (κ3) is 1.82. The van der Waals surface area contributed by atoms with E-state index < -0.39 is 5.97 Å². The molecule has 0 aromatic carbocycles. The number of hydrogen-bond donors (Lipinski definition) is 1. The number of furan rings is 1. The Bertz CT molecular complexity index is 514. The topological polar surface area (TPSA) is 50.4 Å². The maximum atomic E-state index is 11.3. The van der Waals surface area contributed by atoms with Crippen LogP contribution in [0, 0.1) is 23.2 Å². The minimum absolute atomic E-state index is 0.0398. The normalized spacial score (nSPS) is 31.2. The van der Waals surface area contributed by atoms with Crippen molar-refractivity contribution in [2.24, 2.45) is 16.2 Å². The molecule has 1 aromatic heterocycles. The molecule has 1 saturated carbocycles. The minimum atomic E-state index is -0.692. The average Bonchev–Trinajstić information content (AvgIpc) is 2.65. The molecule has 2 atom stereocenters. The Morgan fingerprint density at radius 2 is 2.00 bits per heavy atom. The molecule has 3 heteroatoms. The van der Waals surface area contributed by atoms with Crippen LogP contribution in [0.1, 0.15) is 58.3 Å². The third-order valence-electron chi connectivity index (χ3n) is 6.21. The zero-order valence-corrected chi connectivity index (χ0v) is 13.2. The van der Waals surface area contributed by atoms with Crippen LogP contribution in [0.2, 0.25) is 0 Å². The zero-order chi connectivity index (χ0) is 15.2. The van der Waals surface area contributed by atoms with E-state index >= 15 is 0 Å². The highest BCUT2D eigenvalue weighted by Gasteiger charge is 2.78. The summed E-state index contributed by atoms with van der Waals surface area (Å²) in [4.78, 5) is 11.3. The Morgan fingerprint density at radius 3 is 2.45 bits per heavy atom. The number of rotatable bonds is 6. The third-order valence-corrected chi connectivity index (χ3v) is 6.21. The molecular formula is C17H26O3. The van der Waals surface area contributed by atoms with E-state index in [0.29, 0.717) is 0 Å². The molecule has 3 nitrogen and oxygen atoms in total. The highest BCUT2D eigenvalue weighted by molar-refractivity contribution is 5.69. The molecule has 2 unspecified atom stereocenters. The van der Waals surface area contributed by atoms with Gasteiger partial charge in [-0.15, -0.1) is 0 Å². The van der Waals surface area contributed by atoms with Crippen LogP contribution in [-0.2, 0) is 11.2 Å². The van der Waals surface area contributed by atoms with Gasteiger partial charge in [0.2, 0.25) is 0 Å². The molecule has 1 aliphatic carbocycles. The van der Waals surface area contributed by atoms with Crippen LogP contribution in [0.25, 0.3) is 0 Å². The number of carboxylic acid groups (broad SMARTS) is 1.